The summed E-state index contributed by atoms with van der Waals surface area (Å²) in [4.78, 5) is 0. The third-order valence-electron chi connectivity index (χ3n) is 20.6. The van der Waals surface area contributed by atoms with E-state index in [4.69, 9.17) is 37.9 Å². The molecule has 4 saturated heterocycles. The number of aliphatic hydroxyl groups is 14. The van der Waals surface area contributed by atoms with Gasteiger partial charge in [0.1, 0.15) is 91.6 Å². The van der Waals surface area contributed by atoms with Gasteiger partial charge in [-0.25, -0.2) is 0 Å². The van der Waals surface area contributed by atoms with Gasteiger partial charge in [-0.3, -0.25) is 0 Å². The van der Waals surface area contributed by atoms with E-state index in [0.29, 0.717) is 32.1 Å². The van der Waals surface area contributed by atoms with Gasteiger partial charge in [0, 0.05) is 10.8 Å². The van der Waals surface area contributed by atoms with Gasteiger partial charge in [0.2, 0.25) is 0 Å². The van der Waals surface area contributed by atoms with E-state index in [0.717, 1.165) is 24.8 Å². The van der Waals surface area contributed by atoms with E-state index >= 15 is 0 Å². The van der Waals surface area contributed by atoms with E-state index in [1.165, 1.54) is 0 Å². The molecule has 22 heteroatoms. The van der Waals surface area contributed by atoms with Crippen molar-refractivity contribution in [2.24, 2.45) is 50.7 Å². The topological polar surface area (TPSA) is 357 Å². The van der Waals surface area contributed by atoms with E-state index in [1.807, 2.05) is 20.8 Å². The molecule has 0 spiro atoms. The van der Waals surface area contributed by atoms with Crippen molar-refractivity contribution in [2.45, 2.75) is 249 Å². The second-order valence-corrected chi connectivity index (χ2v) is 26.1. The number of hydrogen-bond donors (Lipinski definition) is 14. The molecule has 4 heterocycles. The van der Waals surface area contributed by atoms with Gasteiger partial charge in [-0.1, -0.05) is 74.0 Å². The van der Waals surface area contributed by atoms with Crippen LogP contribution in [0.25, 0.3) is 0 Å². The van der Waals surface area contributed by atoms with E-state index in [-0.39, 0.29) is 41.1 Å². The van der Waals surface area contributed by atoms with Crippen molar-refractivity contribution < 1.29 is 109 Å². The zero-order chi connectivity index (χ0) is 55.9. The molecule has 0 aromatic carbocycles. The Balaban J connectivity index is 0.942. The molecule has 4 aliphatic heterocycles. The maximum atomic E-state index is 12.7. The van der Waals surface area contributed by atoms with Crippen molar-refractivity contribution in [2.75, 3.05) is 26.4 Å². The number of hydrogen-bond acceptors (Lipinski definition) is 22. The van der Waals surface area contributed by atoms with Crippen LogP contribution in [0.2, 0.25) is 0 Å². The van der Waals surface area contributed by atoms with Crippen LogP contribution in [0.1, 0.15) is 114 Å². The highest BCUT2D eigenvalue weighted by Gasteiger charge is 2.70. The molecule has 0 aromatic heterocycles. The van der Waals surface area contributed by atoms with Crippen molar-refractivity contribution in [1.82, 2.24) is 0 Å². The Morgan fingerprint density at radius 3 is 1.82 bits per heavy atom. The maximum Gasteiger partial charge on any atom is 0.187 e. The van der Waals surface area contributed by atoms with Crippen molar-refractivity contribution in [3.8, 4) is 0 Å². The second-order valence-electron chi connectivity index (χ2n) is 26.1. The molecular weight excluding hydrogens is 1000 g/mol. The third-order valence-corrected chi connectivity index (χ3v) is 20.6. The summed E-state index contributed by atoms with van der Waals surface area (Å²) in [6, 6.07) is 0. The molecule has 7 fully saturated rings. The third kappa shape index (κ3) is 10.7. The first-order chi connectivity index (χ1) is 35.5. The molecule has 76 heavy (non-hydrogen) atoms. The molecule has 21 unspecified atom stereocenters. The normalized spacial score (nSPS) is 51.5. The van der Waals surface area contributed by atoms with E-state index in [9.17, 15) is 71.5 Å². The zero-order valence-electron chi connectivity index (χ0n) is 45.6. The highest BCUT2D eigenvalue weighted by molar-refractivity contribution is 5.32. The van der Waals surface area contributed by atoms with Gasteiger partial charge in [0.05, 0.1) is 44.7 Å². The quantitative estimate of drug-likeness (QED) is 0.0846. The molecule has 3 saturated carbocycles. The van der Waals surface area contributed by atoms with Crippen LogP contribution in [0, 0.1) is 50.7 Å². The fourth-order valence-corrected chi connectivity index (χ4v) is 15.5. The predicted octanol–water partition coefficient (Wildman–Crippen LogP) is -1.32. The van der Waals surface area contributed by atoms with Gasteiger partial charge in [0.25, 0.3) is 0 Å². The molecule has 8 aliphatic rings. The van der Waals surface area contributed by atoms with Crippen LogP contribution >= 0.6 is 0 Å². The maximum absolute atomic E-state index is 12.7. The summed E-state index contributed by atoms with van der Waals surface area (Å²) in [6.45, 7) is 17.4. The SMILES string of the molecule is C[C@H](CCC(OC1OC(CO)C(O)C(O)C1OC1OC(CO)C(O)C(O)C1O)C(C)(C)C)[C@H]1CC[C@@]2(C)C3CC=C4[C@@H](CC[C@H](OC5OC(COC6OCC(O)C(O)C6O)C(O)C(O)C5O)C4(C)C)[C@]3(C)[C@H](O)C[C@]12C. The van der Waals surface area contributed by atoms with Crippen LogP contribution in [0.15, 0.2) is 11.6 Å². The fraction of sp³-hybridized carbons (Fsp3) is 0.963. The summed E-state index contributed by atoms with van der Waals surface area (Å²) in [7, 11) is 0. The summed E-state index contributed by atoms with van der Waals surface area (Å²) in [6.07, 6.45) is -22.4. The summed E-state index contributed by atoms with van der Waals surface area (Å²) in [5.41, 5.74) is -0.827. The van der Waals surface area contributed by atoms with Crippen LogP contribution in [0.4, 0.5) is 0 Å². The van der Waals surface area contributed by atoms with Crippen LogP contribution in [0.5, 0.6) is 0 Å². The summed E-state index contributed by atoms with van der Waals surface area (Å²) >= 11 is 0. The molecule has 29 atom stereocenters. The first-order valence-electron chi connectivity index (χ1n) is 27.7. The molecule has 0 aromatic rings. The number of rotatable bonds is 15. The number of allylic oxidation sites excluding steroid dienone is 1. The molecule has 22 nitrogen and oxygen atoms in total. The lowest BCUT2D eigenvalue weighted by Gasteiger charge is -2.67. The lowest BCUT2D eigenvalue weighted by molar-refractivity contribution is -0.374. The Morgan fingerprint density at radius 1 is 0.632 bits per heavy atom. The van der Waals surface area contributed by atoms with Gasteiger partial charge < -0.3 is 109 Å². The molecule has 0 radical (unpaired) electrons. The van der Waals surface area contributed by atoms with Gasteiger partial charge in [-0.2, -0.15) is 0 Å². The standard InChI is InChI=1S/C54H92O22/c1-23(10-14-33(50(2,3)4)74-49-45(41(65)37(61)29(20-56)72-49)76-48-44(68)39(63)36(60)28(19-55)71-48)24-16-17-52(7)31-13-11-25-26(54(31,9)32(58)18-53(24,52)8)12-15-34(51(25,5)6)75-47-43(67)40(64)38(62)30(73-47)22-70-46-42(66)35(59)27(57)21-69-46/h11,23-24,26-49,55-68H,10,12-22H2,1-9H3/t23-,24-,26-,27?,28?,29?,30?,31?,32-,33?,34+,35?,36?,37?,38?,39?,40?,41?,42?,43?,44?,45?,46?,47?,48?,49?,52+,53-,54+/m1/s1. The Kier molecular flexibility index (Phi) is 18.4. The van der Waals surface area contributed by atoms with Crippen molar-refractivity contribution in [3.05, 3.63) is 11.6 Å². The first kappa shape index (κ1) is 60.9. The van der Waals surface area contributed by atoms with E-state index in [2.05, 4.69) is 47.6 Å². The average Bonchev–Trinajstić information content (AvgIpc) is 3.63. The molecular formula is C54H92O22. The highest BCUT2D eigenvalue weighted by Crippen LogP contribution is 2.75. The smallest absolute Gasteiger partial charge is 0.187 e. The molecule has 0 bridgehead atoms. The minimum atomic E-state index is -1.80. The Morgan fingerprint density at radius 2 is 1.20 bits per heavy atom. The highest BCUT2D eigenvalue weighted by atomic mass is 16.8. The Bertz CT molecular complexity index is 1970. The second kappa shape index (κ2) is 22.9. The largest absolute Gasteiger partial charge is 0.394 e. The average molecular weight is 1090 g/mol. The lowest BCUT2D eigenvalue weighted by atomic mass is 9.38. The first-order valence-corrected chi connectivity index (χ1v) is 27.7. The summed E-state index contributed by atoms with van der Waals surface area (Å²) in [5.74, 6) is 0.556. The van der Waals surface area contributed by atoms with Gasteiger partial charge in [0.15, 0.2) is 25.2 Å². The number of aliphatic hydroxyl groups excluding tert-OH is 14. The molecule has 0 amide bonds. The Labute approximate surface area is 445 Å². The summed E-state index contributed by atoms with van der Waals surface area (Å²) < 4.78 is 47.9. The van der Waals surface area contributed by atoms with Crippen molar-refractivity contribution in [3.63, 3.8) is 0 Å². The van der Waals surface area contributed by atoms with Crippen LogP contribution < -0.4 is 0 Å². The summed E-state index contributed by atoms with van der Waals surface area (Å²) in [5, 5.41) is 150. The van der Waals surface area contributed by atoms with Crippen LogP contribution in [-0.4, -0.2) is 233 Å². The number of fused-ring (bicyclic) bond motifs is 5. The van der Waals surface area contributed by atoms with Crippen LogP contribution in [0.3, 0.4) is 0 Å². The van der Waals surface area contributed by atoms with Crippen molar-refractivity contribution >= 4 is 0 Å². The van der Waals surface area contributed by atoms with E-state index < -0.39 is 171 Å². The van der Waals surface area contributed by atoms with Gasteiger partial charge >= 0.3 is 0 Å². The molecule has 4 aliphatic carbocycles. The molecule has 14 N–H and O–H groups in total. The van der Waals surface area contributed by atoms with Gasteiger partial charge in [-0.15, -0.1) is 0 Å². The van der Waals surface area contributed by atoms with Crippen LogP contribution in [-0.2, 0) is 37.9 Å². The predicted molar refractivity (Wildman–Crippen MR) is 265 cm³/mol. The zero-order valence-corrected chi connectivity index (χ0v) is 45.6. The number of ether oxygens (including phenoxy) is 8. The Hall–Kier alpha value is -1.14. The lowest BCUT2D eigenvalue weighted by Crippen LogP contribution is -2.65. The molecule has 440 valence electrons. The van der Waals surface area contributed by atoms with E-state index in [1.54, 1.807) is 0 Å². The van der Waals surface area contributed by atoms with Gasteiger partial charge in [-0.05, 0) is 91.3 Å². The van der Waals surface area contributed by atoms with Crippen molar-refractivity contribution in [1.29, 1.82) is 0 Å². The monoisotopic (exact) mass is 1090 g/mol. The minimum Gasteiger partial charge on any atom is -0.394 e. The fourth-order valence-electron chi connectivity index (χ4n) is 15.5. The molecule has 8 rings (SSSR count). The minimum absolute atomic E-state index is 0.0146.